The third-order valence-electron chi connectivity index (χ3n) is 4.81. The van der Waals surface area contributed by atoms with E-state index < -0.39 is 30.9 Å². The van der Waals surface area contributed by atoms with Gasteiger partial charge in [-0.15, -0.1) is 0 Å². The Kier molecular flexibility index (Phi) is 14.2. The minimum absolute atomic E-state index is 0.179. The molecule has 0 fully saturated rings. The maximum absolute atomic E-state index is 13.4. The maximum atomic E-state index is 13.4. The molecule has 1 nitrogen and oxygen atoms in total. The average molecular weight is 424 g/mol. The van der Waals surface area contributed by atoms with E-state index in [2.05, 4.69) is 6.92 Å². The van der Waals surface area contributed by atoms with E-state index in [0.29, 0.717) is 6.42 Å². The van der Waals surface area contributed by atoms with Gasteiger partial charge in [0.1, 0.15) is 0 Å². The zero-order valence-electron chi connectivity index (χ0n) is 16.9. The second kappa shape index (κ2) is 14.5. The fourth-order valence-electron chi connectivity index (χ4n) is 3.03. The lowest BCUT2D eigenvalue weighted by Crippen LogP contribution is -2.53. The third-order valence-corrected chi connectivity index (χ3v) is 4.81. The molecule has 0 saturated heterocycles. The predicted molar refractivity (Wildman–Crippen MR) is 97.1 cm³/mol. The van der Waals surface area contributed by atoms with Crippen LogP contribution in [-0.4, -0.2) is 31.2 Å². The van der Waals surface area contributed by atoms with Crippen molar-refractivity contribution in [2.45, 2.75) is 115 Å². The van der Waals surface area contributed by atoms with Crippen LogP contribution in [0, 0.1) is 0 Å². The van der Waals surface area contributed by atoms with Crippen LogP contribution in [0.5, 0.6) is 0 Å². The molecule has 0 aliphatic heterocycles. The van der Waals surface area contributed by atoms with Crippen molar-refractivity contribution in [3.8, 4) is 0 Å². The molecule has 0 aromatic carbocycles. The fourth-order valence-corrected chi connectivity index (χ4v) is 3.03. The molecule has 0 atom stereocenters. The SMILES string of the molecule is CCCOCCCCCCCCCCCCCCC(F)(C(F)(F)F)C(F)(F)F. The molecule has 0 rings (SSSR count). The standard InChI is InChI=1S/C20H35F7O/c1-2-16-28-17-14-12-10-8-6-4-3-5-7-9-11-13-15-18(21,19(22,23)24)20(25,26)27/h2-17H2,1H3. The lowest BCUT2D eigenvalue weighted by atomic mass is 9.96. The van der Waals surface area contributed by atoms with Crippen molar-refractivity contribution in [2.24, 2.45) is 0 Å². The molecule has 0 spiro atoms. The Hall–Kier alpha value is -0.530. The van der Waals surface area contributed by atoms with Crippen LogP contribution in [0.3, 0.4) is 0 Å². The Bertz CT molecular complexity index is 353. The first-order chi connectivity index (χ1) is 13.1. The fraction of sp³-hybridized carbons (Fsp3) is 1.00. The first-order valence-corrected chi connectivity index (χ1v) is 10.5. The second-order valence-electron chi connectivity index (χ2n) is 7.40. The van der Waals surface area contributed by atoms with Crippen molar-refractivity contribution in [3.63, 3.8) is 0 Å². The van der Waals surface area contributed by atoms with Gasteiger partial charge in [-0.25, -0.2) is 4.39 Å². The van der Waals surface area contributed by atoms with Gasteiger partial charge in [0.15, 0.2) is 0 Å². The summed E-state index contributed by atoms with van der Waals surface area (Å²) in [4.78, 5) is 0. The van der Waals surface area contributed by atoms with Crippen LogP contribution in [-0.2, 0) is 4.74 Å². The monoisotopic (exact) mass is 424 g/mol. The lowest BCUT2D eigenvalue weighted by Gasteiger charge is -2.29. The first kappa shape index (κ1) is 27.5. The number of rotatable bonds is 17. The number of alkyl halides is 7. The van der Waals surface area contributed by atoms with E-state index in [0.717, 1.165) is 64.6 Å². The molecule has 0 heterocycles. The molecular formula is C20H35F7O. The highest BCUT2D eigenvalue weighted by Crippen LogP contribution is 2.49. The molecule has 0 aliphatic carbocycles. The van der Waals surface area contributed by atoms with Crippen molar-refractivity contribution in [1.82, 2.24) is 0 Å². The molecule has 0 aromatic rings. The van der Waals surface area contributed by atoms with Gasteiger partial charge in [-0.1, -0.05) is 71.1 Å². The molecule has 170 valence electrons. The molecule has 28 heavy (non-hydrogen) atoms. The largest absolute Gasteiger partial charge is 0.431 e. The number of hydrogen-bond donors (Lipinski definition) is 0. The Morgan fingerprint density at radius 1 is 0.500 bits per heavy atom. The molecule has 0 unspecified atom stereocenters. The molecule has 0 aliphatic rings. The first-order valence-electron chi connectivity index (χ1n) is 10.5. The van der Waals surface area contributed by atoms with Crippen LogP contribution in [0.15, 0.2) is 0 Å². The van der Waals surface area contributed by atoms with E-state index >= 15 is 0 Å². The maximum Gasteiger partial charge on any atom is 0.431 e. The molecule has 0 bridgehead atoms. The molecule has 0 radical (unpaired) electrons. The second-order valence-corrected chi connectivity index (χ2v) is 7.40. The van der Waals surface area contributed by atoms with Crippen molar-refractivity contribution in [2.75, 3.05) is 13.2 Å². The molecule has 8 heteroatoms. The highest BCUT2D eigenvalue weighted by molar-refractivity contribution is 4.94. The minimum Gasteiger partial charge on any atom is -0.381 e. The number of hydrogen-bond acceptors (Lipinski definition) is 1. The van der Waals surface area contributed by atoms with E-state index in [1.54, 1.807) is 0 Å². The van der Waals surface area contributed by atoms with Gasteiger partial charge in [0.2, 0.25) is 0 Å². The van der Waals surface area contributed by atoms with Crippen LogP contribution in [0.1, 0.15) is 96.8 Å². The van der Waals surface area contributed by atoms with Gasteiger partial charge in [0, 0.05) is 13.2 Å². The summed E-state index contributed by atoms with van der Waals surface area (Å²) in [6, 6.07) is 0. The highest BCUT2D eigenvalue weighted by Gasteiger charge is 2.71. The summed E-state index contributed by atoms with van der Waals surface area (Å²) >= 11 is 0. The smallest absolute Gasteiger partial charge is 0.381 e. The number of unbranched alkanes of at least 4 members (excludes halogenated alkanes) is 11. The van der Waals surface area contributed by atoms with Crippen LogP contribution in [0.4, 0.5) is 30.7 Å². The minimum atomic E-state index is -5.92. The van der Waals surface area contributed by atoms with Gasteiger partial charge < -0.3 is 4.74 Å². The van der Waals surface area contributed by atoms with Gasteiger partial charge in [-0.05, 0) is 25.7 Å². The topological polar surface area (TPSA) is 9.23 Å². The van der Waals surface area contributed by atoms with Gasteiger partial charge >= 0.3 is 12.4 Å². The summed E-state index contributed by atoms with van der Waals surface area (Å²) in [5.74, 6) is 0. The summed E-state index contributed by atoms with van der Waals surface area (Å²) in [6.45, 7) is 3.72. The van der Waals surface area contributed by atoms with Crippen LogP contribution in [0.2, 0.25) is 0 Å². The number of halogens is 7. The van der Waals surface area contributed by atoms with Gasteiger partial charge in [0.25, 0.3) is 5.67 Å². The van der Waals surface area contributed by atoms with E-state index in [9.17, 15) is 30.7 Å². The third kappa shape index (κ3) is 11.5. The zero-order valence-corrected chi connectivity index (χ0v) is 16.9. The van der Waals surface area contributed by atoms with E-state index in [1.165, 1.54) is 12.8 Å². The van der Waals surface area contributed by atoms with Crippen molar-refractivity contribution in [1.29, 1.82) is 0 Å². The van der Waals surface area contributed by atoms with Gasteiger partial charge in [-0.2, -0.15) is 26.3 Å². The molecule has 0 aromatic heterocycles. The summed E-state index contributed by atoms with van der Waals surface area (Å²) in [6.07, 6.45) is -2.58. The Labute approximate surface area is 164 Å². The average Bonchev–Trinajstić information content (AvgIpc) is 2.59. The summed E-state index contributed by atoms with van der Waals surface area (Å²) < 4.78 is 93.2. The van der Waals surface area contributed by atoms with Crippen molar-refractivity contribution >= 4 is 0 Å². The predicted octanol–water partition coefficient (Wildman–Crippen LogP) is 8.32. The molecule has 0 saturated carbocycles. The highest BCUT2D eigenvalue weighted by atomic mass is 19.4. The molecule has 0 amide bonds. The summed E-state index contributed by atoms with van der Waals surface area (Å²) in [5.41, 5.74) is -5.10. The van der Waals surface area contributed by atoms with Crippen molar-refractivity contribution < 1.29 is 35.5 Å². The Morgan fingerprint density at radius 3 is 1.21 bits per heavy atom. The summed E-state index contributed by atoms with van der Waals surface area (Å²) in [5, 5.41) is 0. The quantitative estimate of drug-likeness (QED) is 0.168. The molecular weight excluding hydrogens is 389 g/mol. The van der Waals surface area contributed by atoms with E-state index in [4.69, 9.17) is 4.74 Å². The Balaban J connectivity index is 3.55. The van der Waals surface area contributed by atoms with Crippen LogP contribution < -0.4 is 0 Å². The number of ether oxygens (including phenoxy) is 1. The zero-order chi connectivity index (χ0) is 21.5. The van der Waals surface area contributed by atoms with Crippen LogP contribution >= 0.6 is 0 Å². The van der Waals surface area contributed by atoms with Gasteiger partial charge in [0.05, 0.1) is 0 Å². The van der Waals surface area contributed by atoms with Crippen LogP contribution in [0.25, 0.3) is 0 Å². The Morgan fingerprint density at radius 2 is 0.857 bits per heavy atom. The van der Waals surface area contributed by atoms with Gasteiger partial charge in [-0.3, -0.25) is 0 Å². The lowest BCUT2D eigenvalue weighted by molar-refractivity contribution is -0.343. The van der Waals surface area contributed by atoms with E-state index in [1.807, 2.05) is 0 Å². The summed E-state index contributed by atoms with van der Waals surface area (Å²) in [7, 11) is 0. The normalized spacial score (nSPS) is 13.3. The van der Waals surface area contributed by atoms with E-state index in [-0.39, 0.29) is 6.42 Å². The molecule has 0 N–H and O–H groups in total. The van der Waals surface area contributed by atoms with Crippen molar-refractivity contribution in [3.05, 3.63) is 0 Å².